The second-order valence-electron chi connectivity index (χ2n) is 7.19. The molecule has 0 amide bonds. The molecule has 0 saturated heterocycles. The highest BCUT2D eigenvalue weighted by atomic mass is 19.4. The molecule has 0 radical (unpaired) electrons. The zero-order valence-electron chi connectivity index (χ0n) is 17.9. The molecule has 0 bridgehead atoms. The molecule has 0 spiro atoms. The lowest BCUT2D eigenvalue weighted by Crippen LogP contribution is -2.07. The summed E-state index contributed by atoms with van der Waals surface area (Å²) in [6, 6.07) is 9.25. The van der Waals surface area contributed by atoms with E-state index in [0.717, 1.165) is 36.4 Å². The zero-order chi connectivity index (χ0) is 23.1. The fourth-order valence-corrected chi connectivity index (χ4v) is 3.16. The summed E-state index contributed by atoms with van der Waals surface area (Å²) in [7, 11) is 0. The molecule has 2 heterocycles. The summed E-state index contributed by atoms with van der Waals surface area (Å²) in [6.45, 7) is 3.76. The molecule has 9 heteroatoms. The first-order valence-electron chi connectivity index (χ1n) is 10.3. The van der Waals surface area contributed by atoms with Crippen LogP contribution in [0.5, 0.6) is 11.5 Å². The number of esters is 1. The highest BCUT2D eigenvalue weighted by Crippen LogP contribution is 2.29. The molecule has 0 unspecified atom stereocenters. The van der Waals surface area contributed by atoms with Gasteiger partial charge in [0.05, 0.1) is 17.9 Å². The molecular weight excluding hydrogens is 423 g/mol. The summed E-state index contributed by atoms with van der Waals surface area (Å²) < 4.78 is 50.7. The Labute approximate surface area is 184 Å². The molecule has 2 aromatic heterocycles. The van der Waals surface area contributed by atoms with Crippen LogP contribution in [0.1, 0.15) is 43.5 Å². The summed E-state index contributed by atoms with van der Waals surface area (Å²) >= 11 is 0. The maximum absolute atomic E-state index is 12.8. The van der Waals surface area contributed by atoms with Gasteiger partial charge >= 0.3 is 12.1 Å². The average Bonchev–Trinajstić information content (AvgIpc) is 3.14. The molecule has 0 fully saturated rings. The van der Waals surface area contributed by atoms with Crippen LogP contribution in [0.4, 0.5) is 13.2 Å². The summed E-state index contributed by atoms with van der Waals surface area (Å²) in [5.41, 5.74) is 1.08. The maximum Gasteiger partial charge on any atom is 0.417 e. The summed E-state index contributed by atoms with van der Waals surface area (Å²) in [6.07, 6.45) is 1.17. The Morgan fingerprint density at radius 2 is 1.84 bits per heavy atom. The third kappa shape index (κ3) is 6.09. The largest absolute Gasteiger partial charge is 0.490 e. The SMILES string of the molecule is CCCc1nn(-c2ccc(C(F)(F)F)cn2)cc1CCCOc1ccccc1OC(C)=O. The molecule has 6 nitrogen and oxygen atoms in total. The number of aryl methyl sites for hydroxylation is 2. The van der Waals surface area contributed by atoms with Crippen LogP contribution in [0, 0.1) is 0 Å². The Morgan fingerprint density at radius 1 is 1.09 bits per heavy atom. The number of carbonyl (C=O) groups is 1. The Balaban J connectivity index is 1.66. The summed E-state index contributed by atoms with van der Waals surface area (Å²) in [5.74, 6) is 0.761. The van der Waals surface area contributed by atoms with E-state index in [0.29, 0.717) is 36.8 Å². The number of benzene rings is 1. The highest BCUT2D eigenvalue weighted by Gasteiger charge is 2.30. The van der Waals surface area contributed by atoms with Crippen molar-refractivity contribution in [2.24, 2.45) is 0 Å². The fraction of sp³-hybridized carbons (Fsp3) is 0.348. The average molecular weight is 447 g/mol. The van der Waals surface area contributed by atoms with Gasteiger partial charge in [-0.3, -0.25) is 4.79 Å². The number of carbonyl (C=O) groups excluding carboxylic acids is 1. The lowest BCUT2D eigenvalue weighted by molar-refractivity contribution is -0.138. The number of halogens is 3. The number of rotatable bonds is 9. The van der Waals surface area contributed by atoms with E-state index in [9.17, 15) is 18.0 Å². The quantitative estimate of drug-likeness (QED) is 0.257. The van der Waals surface area contributed by atoms with Crippen molar-refractivity contribution < 1.29 is 27.4 Å². The van der Waals surface area contributed by atoms with Crippen molar-refractivity contribution in [3.05, 3.63) is 65.6 Å². The van der Waals surface area contributed by atoms with Gasteiger partial charge in [-0.25, -0.2) is 9.67 Å². The van der Waals surface area contributed by atoms with Crippen molar-refractivity contribution >= 4 is 5.97 Å². The minimum absolute atomic E-state index is 0.327. The smallest absolute Gasteiger partial charge is 0.417 e. The van der Waals surface area contributed by atoms with Crippen molar-refractivity contribution in [3.8, 4) is 17.3 Å². The number of alkyl halides is 3. The Hall–Kier alpha value is -3.36. The predicted molar refractivity (Wildman–Crippen MR) is 112 cm³/mol. The van der Waals surface area contributed by atoms with Gasteiger partial charge in [0.15, 0.2) is 17.3 Å². The monoisotopic (exact) mass is 447 g/mol. The number of para-hydroxylation sites is 2. The van der Waals surface area contributed by atoms with E-state index in [1.165, 1.54) is 17.7 Å². The standard InChI is InChI=1S/C23H24F3N3O3/c1-3-7-19-17(8-6-13-31-20-9-4-5-10-21(20)32-16(2)30)15-29(28-19)22-12-11-18(14-27-22)23(24,25)26/h4-5,9-12,14-15H,3,6-8,13H2,1-2H3. The molecule has 170 valence electrons. The van der Waals surface area contributed by atoms with Crippen molar-refractivity contribution in [3.63, 3.8) is 0 Å². The third-order valence-electron chi connectivity index (χ3n) is 4.62. The Kier molecular flexibility index (Phi) is 7.50. The normalized spacial score (nSPS) is 11.4. The molecule has 3 aromatic rings. The molecule has 0 aliphatic heterocycles. The number of nitrogens with zero attached hydrogens (tertiary/aromatic N) is 3. The van der Waals surface area contributed by atoms with E-state index < -0.39 is 17.7 Å². The Bertz CT molecular complexity index is 1050. The van der Waals surface area contributed by atoms with E-state index in [1.54, 1.807) is 30.5 Å². The van der Waals surface area contributed by atoms with Crippen LogP contribution in [0.25, 0.3) is 5.82 Å². The van der Waals surface area contributed by atoms with Crippen LogP contribution in [0.3, 0.4) is 0 Å². The molecule has 0 aliphatic carbocycles. The van der Waals surface area contributed by atoms with Gasteiger partial charge in [-0.05, 0) is 49.1 Å². The van der Waals surface area contributed by atoms with E-state index in [4.69, 9.17) is 9.47 Å². The van der Waals surface area contributed by atoms with Crippen molar-refractivity contribution in [2.75, 3.05) is 6.61 Å². The maximum atomic E-state index is 12.8. The van der Waals surface area contributed by atoms with Crippen LogP contribution in [-0.2, 0) is 23.8 Å². The fourth-order valence-electron chi connectivity index (χ4n) is 3.16. The predicted octanol–water partition coefficient (Wildman–Crippen LogP) is 5.18. The highest BCUT2D eigenvalue weighted by molar-refractivity contribution is 5.70. The first kappa shape index (κ1) is 23.3. The molecule has 0 atom stereocenters. The van der Waals surface area contributed by atoms with Gasteiger partial charge in [0.2, 0.25) is 0 Å². The molecule has 1 aromatic carbocycles. The van der Waals surface area contributed by atoms with Gasteiger partial charge in [-0.2, -0.15) is 18.3 Å². The molecule has 0 aliphatic rings. The number of pyridine rings is 1. The Morgan fingerprint density at radius 3 is 2.47 bits per heavy atom. The van der Waals surface area contributed by atoms with E-state index in [1.807, 2.05) is 6.92 Å². The number of aromatic nitrogens is 3. The molecule has 32 heavy (non-hydrogen) atoms. The van der Waals surface area contributed by atoms with Gasteiger partial charge in [0.1, 0.15) is 0 Å². The van der Waals surface area contributed by atoms with Gasteiger partial charge in [-0.15, -0.1) is 0 Å². The van der Waals surface area contributed by atoms with E-state index in [-0.39, 0.29) is 0 Å². The van der Waals surface area contributed by atoms with Gasteiger partial charge < -0.3 is 9.47 Å². The summed E-state index contributed by atoms with van der Waals surface area (Å²) in [5, 5.41) is 4.52. The lowest BCUT2D eigenvalue weighted by Gasteiger charge is -2.10. The molecule has 0 N–H and O–H groups in total. The first-order valence-corrected chi connectivity index (χ1v) is 10.3. The van der Waals surface area contributed by atoms with E-state index >= 15 is 0 Å². The van der Waals surface area contributed by atoms with Crippen LogP contribution in [0.2, 0.25) is 0 Å². The topological polar surface area (TPSA) is 66.2 Å². The minimum atomic E-state index is -4.43. The lowest BCUT2D eigenvalue weighted by atomic mass is 10.1. The number of hydrogen-bond donors (Lipinski definition) is 0. The van der Waals surface area contributed by atoms with Gasteiger partial charge in [0, 0.05) is 19.3 Å². The van der Waals surface area contributed by atoms with Crippen molar-refractivity contribution in [2.45, 2.75) is 45.7 Å². The first-order chi connectivity index (χ1) is 15.3. The van der Waals surface area contributed by atoms with Crippen LogP contribution in [-0.4, -0.2) is 27.3 Å². The minimum Gasteiger partial charge on any atom is -0.490 e. The van der Waals surface area contributed by atoms with Gasteiger partial charge in [0.25, 0.3) is 0 Å². The molecule has 0 saturated carbocycles. The number of ether oxygens (including phenoxy) is 2. The second kappa shape index (κ2) is 10.3. The number of hydrogen-bond acceptors (Lipinski definition) is 5. The molecule has 3 rings (SSSR count). The van der Waals surface area contributed by atoms with Gasteiger partial charge in [-0.1, -0.05) is 25.5 Å². The summed E-state index contributed by atoms with van der Waals surface area (Å²) in [4.78, 5) is 15.1. The van der Waals surface area contributed by atoms with E-state index in [2.05, 4.69) is 10.1 Å². The van der Waals surface area contributed by atoms with Crippen LogP contribution in [0.15, 0.2) is 48.8 Å². The van der Waals surface area contributed by atoms with Crippen LogP contribution >= 0.6 is 0 Å². The third-order valence-corrected chi connectivity index (χ3v) is 4.62. The molecular formula is C23H24F3N3O3. The van der Waals surface area contributed by atoms with Crippen molar-refractivity contribution in [1.29, 1.82) is 0 Å². The van der Waals surface area contributed by atoms with Crippen molar-refractivity contribution in [1.82, 2.24) is 14.8 Å². The zero-order valence-corrected chi connectivity index (χ0v) is 17.9. The van der Waals surface area contributed by atoms with Crippen LogP contribution < -0.4 is 9.47 Å². The second-order valence-corrected chi connectivity index (χ2v) is 7.19.